The fourth-order valence-corrected chi connectivity index (χ4v) is 2.58. The Morgan fingerprint density at radius 3 is 2.33 bits per heavy atom. The summed E-state index contributed by atoms with van der Waals surface area (Å²) in [7, 11) is -1.40. The Kier molecular flexibility index (Phi) is 7.17. The molecule has 0 aliphatic heterocycles. The van der Waals surface area contributed by atoms with E-state index < -0.39 is 29.4 Å². The van der Waals surface area contributed by atoms with Crippen LogP contribution >= 0.6 is 0 Å². The Bertz CT molecular complexity index is 196. The first kappa shape index (κ1) is 14.9. The molecular formula is C9H18F3NOS. The molecule has 0 saturated carbocycles. The van der Waals surface area contributed by atoms with E-state index >= 15 is 0 Å². The second kappa shape index (κ2) is 7.22. The lowest BCUT2D eigenvalue weighted by Crippen LogP contribution is -2.35. The van der Waals surface area contributed by atoms with Gasteiger partial charge in [0.1, 0.15) is 0 Å². The Balaban J connectivity index is 3.92. The molecule has 2 atom stereocenters. The molecule has 0 spiro atoms. The molecule has 2 nitrogen and oxygen atoms in total. The molecule has 92 valence electrons. The van der Waals surface area contributed by atoms with Crippen LogP contribution in [0.5, 0.6) is 0 Å². The molecule has 15 heavy (non-hydrogen) atoms. The van der Waals surface area contributed by atoms with E-state index in [4.69, 9.17) is 5.73 Å². The van der Waals surface area contributed by atoms with Crippen LogP contribution in [0.15, 0.2) is 0 Å². The van der Waals surface area contributed by atoms with Crippen LogP contribution in [-0.4, -0.2) is 28.4 Å². The van der Waals surface area contributed by atoms with Crippen molar-refractivity contribution in [2.24, 2.45) is 11.7 Å². The topological polar surface area (TPSA) is 43.1 Å². The van der Waals surface area contributed by atoms with Crippen molar-refractivity contribution in [3.8, 4) is 0 Å². The van der Waals surface area contributed by atoms with Crippen LogP contribution in [-0.2, 0) is 10.8 Å². The number of rotatable bonds is 7. The van der Waals surface area contributed by atoms with Gasteiger partial charge >= 0.3 is 6.18 Å². The van der Waals surface area contributed by atoms with E-state index in [9.17, 15) is 17.4 Å². The molecule has 0 aromatic carbocycles. The maximum atomic E-state index is 12.3. The van der Waals surface area contributed by atoms with Crippen molar-refractivity contribution in [2.45, 2.75) is 32.4 Å². The lowest BCUT2D eigenvalue weighted by atomic mass is 10.2. The van der Waals surface area contributed by atoms with Crippen molar-refractivity contribution < 1.29 is 17.4 Å². The maximum Gasteiger partial charge on any atom is 0.393 e. The smallest absolute Gasteiger partial charge is 0.330 e. The predicted octanol–water partition coefficient (Wildman–Crippen LogP) is 2.06. The summed E-state index contributed by atoms with van der Waals surface area (Å²) >= 11 is 0. The van der Waals surface area contributed by atoms with Crippen LogP contribution in [0.1, 0.15) is 26.2 Å². The zero-order valence-electron chi connectivity index (χ0n) is 8.85. The Labute approximate surface area is 90.9 Å². The van der Waals surface area contributed by atoms with E-state index in [-0.39, 0.29) is 5.75 Å². The maximum absolute atomic E-state index is 12.3. The molecule has 2 unspecified atom stereocenters. The van der Waals surface area contributed by atoms with Gasteiger partial charge in [-0.3, -0.25) is 4.21 Å². The summed E-state index contributed by atoms with van der Waals surface area (Å²) in [6.45, 7) is 1.50. The van der Waals surface area contributed by atoms with Gasteiger partial charge < -0.3 is 5.73 Å². The first-order valence-electron chi connectivity index (χ1n) is 5.03. The number of hydrogen-bond donors (Lipinski definition) is 1. The number of hydrogen-bond acceptors (Lipinski definition) is 2. The van der Waals surface area contributed by atoms with Crippen LogP contribution in [0.2, 0.25) is 0 Å². The van der Waals surface area contributed by atoms with E-state index in [1.54, 1.807) is 0 Å². The van der Waals surface area contributed by atoms with Gasteiger partial charge in [0.2, 0.25) is 0 Å². The Morgan fingerprint density at radius 2 is 1.93 bits per heavy atom. The van der Waals surface area contributed by atoms with Gasteiger partial charge in [0.05, 0.1) is 5.92 Å². The second-order valence-corrected chi connectivity index (χ2v) is 5.11. The summed E-state index contributed by atoms with van der Waals surface area (Å²) in [6, 6.07) is 0. The third-order valence-electron chi connectivity index (χ3n) is 2.11. The molecule has 0 aromatic heterocycles. The minimum absolute atomic E-state index is 0.348. The highest BCUT2D eigenvalue weighted by Gasteiger charge is 2.39. The van der Waals surface area contributed by atoms with Gasteiger partial charge in [-0.1, -0.05) is 19.8 Å². The van der Waals surface area contributed by atoms with Gasteiger partial charge in [0.15, 0.2) is 0 Å². The van der Waals surface area contributed by atoms with Crippen LogP contribution in [0.3, 0.4) is 0 Å². The number of alkyl halides is 3. The second-order valence-electron chi connectivity index (χ2n) is 3.49. The van der Waals surface area contributed by atoms with Crippen molar-refractivity contribution in [3.63, 3.8) is 0 Å². The first-order valence-corrected chi connectivity index (χ1v) is 6.52. The number of halogens is 3. The normalized spacial score (nSPS) is 16.3. The quantitative estimate of drug-likeness (QED) is 0.698. The van der Waals surface area contributed by atoms with E-state index in [1.807, 2.05) is 6.92 Å². The summed E-state index contributed by atoms with van der Waals surface area (Å²) < 4.78 is 48.1. The fraction of sp³-hybridized carbons (Fsp3) is 1.00. The van der Waals surface area contributed by atoms with E-state index in [0.717, 1.165) is 19.3 Å². The Morgan fingerprint density at radius 1 is 1.33 bits per heavy atom. The van der Waals surface area contributed by atoms with Crippen molar-refractivity contribution in [1.82, 2.24) is 0 Å². The Hall–Kier alpha value is -0.100. The highest BCUT2D eigenvalue weighted by atomic mass is 32.2. The van der Waals surface area contributed by atoms with Gasteiger partial charge in [0, 0.05) is 28.9 Å². The first-order chi connectivity index (χ1) is 6.91. The van der Waals surface area contributed by atoms with Crippen molar-refractivity contribution >= 4 is 10.8 Å². The van der Waals surface area contributed by atoms with E-state index in [1.165, 1.54) is 0 Å². The molecule has 0 aromatic rings. The van der Waals surface area contributed by atoms with Gasteiger partial charge in [0.25, 0.3) is 0 Å². The molecule has 0 amide bonds. The molecule has 0 aliphatic carbocycles. The van der Waals surface area contributed by atoms with E-state index in [0.29, 0.717) is 5.75 Å². The van der Waals surface area contributed by atoms with Crippen molar-refractivity contribution in [1.29, 1.82) is 0 Å². The molecule has 2 N–H and O–H groups in total. The largest absolute Gasteiger partial charge is 0.393 e. The molecule has 0 rings (SSSR count). The highest BCUT2D eigenvalue weighted by molar-refractivity contribution is 7.84. The third kappa shape index (κ3) is 6.89. The zero-order valence-corrected chi connectivity index (χ0v) is 9.66. The summed E-state index contributed by atoms with van der Waals surface area (Å²) in [6.07, 6.45) is -1.73. The molecule has 0 fully saturated rings. The standard InChI is InChI=1S/C9H18F3NOS/c1-2-3-4-5-15(14)7-8(6-13)9(10,11)12/h8H,2-7,13H2,1H3. The van der Waals surface area contributed by atoms with Crippen LogP contribution < -0.4 is 5.73 Å². The average molecular weight is 245 g/mol. The molecule has 0 saturated heterocycles. The minimum atomic E-state index is -4.32. The summed E-state index contributed by atoms with van der Waals surface area (Å²) in [4.78, 5) is 0. The minimum Gasteiger partial charge on any atom is -0.330 e. The van der Waals surface area contributed by atoms with Crippen LogP contribution in [0, 0.1) is 5.92 Å². The summed E-state index contributed by atoms with van der Waals surface area (Å²) in [5.41, 5.74) is 5.01. The lowest BCUT2D eigenvalue weighted by molar-refractivity contribution is -0.165. The molecular weight excluding hydrogens is 227 g/mol. The fourth-order valence-electron chi connectivity index (χ4n) is 1.12. The van der Waals surface area contributed by atoms with Gasteiger partial charge in [-0.25, -0.2) is 0 Å². The summed E-state index contributed by atoms with van der Waals surface area (Å²) in [5, 5.41) is 0. The van der Waals surface area contributed by atoms with Crippen molar-refractivity contribution in [2.75, 3.05) is 18.1 Å². The SMILES string of the molecule is CCCCCS(=O)CC(CN)C(F)(F)F. The van der Waals surface area contributed by atoms with Crippen LogP contribution in [0.4, 0.5) is 13.2 Å². The highest BCUT2D eigenvalue weighted by Crippen LogP contribution is 2.26. The molecule has 0 heterocycles. The zero-order chi connectivity index (χ0) is 11.9. The summed E-state index contributed by atoms with van der Waals surface area (Å²) in [5.74, 6) is -1.63. The monoisotopic (exact) mass is 245 g/mol. The molecule has 0 radical (unpaired) electrons. The third-order valence-corrected chi connectivity index (χ3v) is 3.63. The number of nitrogens with two attached hydrogens (primary N) is 1. The van der Waals surface area contributed by atoms with Crippen LogP contribution in [0.25, 0.3) is 0 Å². The average Bonchev–Trinajstić information content (AvgIpc) is 2.12. The van der Waals surface area contributed by atoms with Crippen molar-refractivity contribution in [3.05, 3.63) is 0 Å². The molecule has 0 aliphatic rings. The lowest BCUT2D eigenvalue weighted by Gasteiger charge is -2.17. The molecule has 6 heteroatoms. The van der Waals surface area contributed by atoms with Gasteiger partial charge in [-0.2, -0.15) is 13.2 Å². The van der Waals surface area contributed by atoms with Gasteiger partial charge in [-0.15, -0.1) is 0 Å². The van der Waals surface area contributed by atoms with Gasteiger partial charge in [-0.05, 0) is 6.42 Å². The molecule has 0 bridgehead atoms. The predicted molar refractivity (Wildman–Crippen MR) is 56.0 cm³/mol. The van der Waals surface area contributed by atoms with E-state index in [2.05, 4.69) is 0 Å². The number of unbranched alkanes of at least 4 members (excludes halogenated alkanes) is 2.